The molecule has 3 aromatic carbocycles. The van der Waals surface area contributed by atoms with Crippen LogP contribution in [0.15, 0.2) is 71.8 Å². The molecule has 2 heterocycles. The first-order valence-electron chi connectivity index (χ1n) is 9.77. The van der Waals surface area contributed by atoms with Crippen molar-refractivity contribution < 1.29 is 14.2 Å². The van der Waals surface area contributed by atoms with Gasteiger partial charge < -0.3 is 14.2 Å². The van der Waals surface area contributed by atoms with Gasteiger partial charge in [-0.25, -0.2) is 5.01 Å². The van der Waals surface area contributed by atoms with E-state index in [1.807, 2.05) is 65.7 Å². The second-order valence-corrected chi connectivity index (χ2v) is 7.72. The summed E-state index contributed by atoms with van der Waals surface area (Å²) in [5, 5.41) is 7.68. The van der Waals surface area contributed by atoms with E-state index in [9.17, 15) is 0 Å². The number of ether oxygens (including phenoxy) is 3. The molecule has 0 bridgehead atoms. The molecule has 0 aliphatic carbocycles. The highest BCUT2D eigenvalue weighted by Gasteiger charge is 2.42. The quantitative estimate of drug-likeness (QED) is 0.551. The summed E-state index contributed by atoms with van der Waals surface area (Å²) in [6.45, 7) is 0. The Labute approximate surface area is 180 Å². The van der Waals surface area contributed by atoms with Crippen LogP contribution in [0.2, 0.25) is 5.02 Å². The molecule has 6 heteroatoms. The molecule has 0 unspecified atom stereocenters. The van der Waals surface area contributed by atoms with Gasteiger partial charge in [0.2, 0.25) is 6.23 Å². The molecule has 2 aliphatic rings. The molecule has 0 amide bonds. The number of benzene rings is 3. The zero-order valence-electron chi connectivity index (χ0n) is 16.7. The predicted octanol–water partition coefficient (Wildman–Crippen LogP) is 5.60. The summed E-state index contributed by atoms with van der Waals surface area (Å²) in [4.78, 5) is 0. The maximum atomic E-state index is 6.44. The molecule has 0 radical (unpaired) electrons. The molecule has 0 N–H and O–H groups in total. The molecule has 152 valence electrons. The number of hydrogen-bond acceptors (Lipinski definition) is 5. The van der Waals surface area contributed by atoms with Crippen molar-refractivity contribution in [1.82, 2.24) is 5.01 Å². The average molecular weight is 421 g/mol. The molecular weight excluding hydrogens is 400 g/mol. The first kappa shape index (κ1) is 18.8. The number of rotatable bonds is 4. The van der Waals surface area contributed by atoms with Crippen molar-refractivity contribution in [3.05, 3.63) is 88.4 Å². The van der Waals surface area contributed by atoms with E-state index in [0.717, 1.165) is 46.1 Å². The standard InChI is InChI=1S/C24H21ClN2O3/c1-28-18-11-9-15(10-12-18)20-14-21-19-7-4-8-22(29-2)23(19)30-24(27(21)26-20)16-5-3-6-17(25)13-16/h3-13,21,24H,14H2,1-2H3/t21-,24-/m0/s1. The SMILES string of the molecule is COc1ccc(C2=NN3[C@@H](C2)c2cccc(OC)c2O[C@H]3c2cccc(Cl)c2)cc1. The minimum absolute atomic E-state index is 0.0462. The van der Waals surface area contributed by atoms with Gasteiger partial charge in [-0.15, -0.1) is 0 Å². The predicted molar refractivity (Wildman–Crippen MR) is 117 cm³/mol. The van der Waals surface area contributed by atoms with E-state index in [1.54, 1.807) is 14.2 Å². The maximum Gasteiger partial charge on any atom is 0.214 e. The van der Waals surface area contributed by atoms with Crippen molar-refractivity contribution in [2.45, 2.75) is 18.7 Å². The zero-order chi connectivity index (χ0) is 20.7. The summed E-state index contributed by atoms with van der Waals surface area (Å²) in [6.07, 6.45) is 0.376. The van der Waals surface area contributed by atoms with E-state index < -0.39 is 6.23 Å². The lowest BCUT2D eigenvalue weighted by molar-refractivity contribution is -0.0208. The van der Waals surface area contributed by atoms with Crippen LogP contribution >= 0.6 is 11.6 Å². The van der Waals surface area contributed by atoms with Crippen molar-refractivity contribution in [3.63, 3.8) is 0 Å². The molecule has 0 aromatic heterocycles. The van der Waals surface area contributed by atoms with Gasteiger partial charge in [0.15, 0.2) is 11.5 Å². The first-order chi connectivity index (χ1) is 14.7. The summed E-state index contributed by atoms with van der Waals surface area (Å²) in [6, 6.07) is 21.7. The highest BCUT2D eigenvalue weighted by atomic mass is 35.5. The van der Waals surface area contributed by atoms with Crippen molar-refractivity contribution >= 4 is 17.3 Å². The van der Waals surface area contributed by atoms with Crippen LogP contribution in [0.25, 0.3) is 0 Å². The topological polar surface area (TPSA) is 43.3 Å². The molecule has 2 atom stereocenters. The molecule has 0 saturated carbocycles. The number of hydrazone groups is 1. The van der Waals surface area contributed by atoms with Crippen LogP contribution in [0.4, 0.5) is 0 Å². The minimum atomic E-state index is -0.395. The minimum Gasteiger partial charge on any atom is -0.497 e. The van der Waals surface area contributed by atoms with Crippen LogP contribution in [-0.2, 0) is 0 Å². The monoisotopic (exact) mass is 420 g/mol. The number of para-hydroxylation sites is 1. The fourth-order valence-electron chi connectivity index (χ4n) is 4.08. The third kappa shape index (κ3) is 3.15. The van der Waals surface area contributed by atoms with E-state index in [2.05, 4.69) is 6.07 Å². The van der Waals surface area contributed by atoms with E-state index in [4.69, 9.17) is 30.9 Å². The highest BCUT2D eigenvalue weighted by molar-refractivity contribution is 6.30. The fourth-order valence-corrected chi connectivity index (χ4v) is 4.28. The van der Waals surface area contributed by atoms with Crippen molar-refractivity contribution in [1.29, 1.82) is 0 Å². The molecule has 0 fully saturated rings. The number of fused-ring (bicyclic) bond motifs is 3. The average Bonchev–Trinajstić information content (AvgIpc) is 3.24. The van der Waals surface area contributed by atoms with Gasteiger partial charge in [0.25, 0.3) is 0 Å². The Morgan fingerprint density at radius 3 is 2.53 bits per heavy atom. The number of halogens is 1. The van der Waals surface area contributed by atoms with Crippen LogP contribution in [0.5, 0.6) is 17.2 Å². The zero-order valence-corrected chi connectivity index (χ0v) is 17.5. The van der Waals surface area contributed by atoms with Gasteiger partial charge >= 0.3 is 0 Å². The number of nitrogens with zero attached hydrogens (tertiary/aromatic N) is 2. The first-order valence-corrected chi connectivity index (χ1v) is 10.1. The highest BCUT2D eigenvalue weighted by Crippen LogP contribution is 2.50. The summed E-state index contributed by atoms with van der Waals surface area (Å²) < 4.78 is 17.3. The summed E-state index contributed by atoms with van der Waals surface area (Å²) >= 11 is 6.27. The number of methoxy groups -OCH3 is 2. The third-order valence-electron chi connectivity index (χ3n) is 5.56. The van der Waals surface area contributed by atoms with E-state index >= 15 is 0 Å². The van der Waals surface area contributed by atoms with E-state index in [1.165, 1.54) is 0 Å². The van der Waals surface area contributed by atoms with E-state index in [-0.39, 0.29) is 6.04 Å². The Balaban J connectivity index is 1.60. The van der Waals surface area contributed by atoms with Gasteiger partial charge in [0.1, 0.15) is 5.75 Å². The Morgan fingerprint density at radius 1 is 1.00 bits per heavy atom. The van der Waals surface area contributed by atoms with Gasteiger partial charge in [-0.3, -0.25) is 0 Å². The second-order valence-electron chi connectivity index (χ2n) is 7.28. The molecule has 0 spiro atoms. The van der Waals surface area contributed by atoms with Crippen LogP contribution in [0.1, 0.15) is 35.4 Å². The molecule has 2 aliphatic heterocycles. The van der Waals surface area contributed by atoms with Crippen LogP contribution < -0.4 is 14.2 Å². The van der Waals surface area contributed by atoms with Gasteiger partial charge in [-0.05, 0) is 48.0 Å². The Bertz CT molecular complexity index is 1110. The summed E-state index contributed by atoms with van der Waals surface area (Å²) in [5.41, 5.74) is 4.09. The van der Waals surface area contributed by atoms with Gasteiger partial charge in [0, 0.05) is 22.6 Å². The molecule has 30 heavy (non-hydrogen) atoms. The Kier molecular flexibility index (Phi) is 4.75. The van der Waals surface area contributed by atoms with Crippen LogP contribution in [-0.4, -0.2) is 24.9 Å². The molecule has 0 saturated heterocycles. The summed E-state index contributed by atoms with van der Waals surface area (Å²) in [5.74, 6) is 2.31. The Hall–Kier alpha value is -3.18. The Morgan fingerprint density at radius 2 is 1.80 bits per heavy atom. The van der Waals surface area contributed by atoms with Crippen molar-refractivity contribution in [2.24, 2.45) is 5.10 Å². The molecule has 5 nitrogen and oxygen atoms in total. The normalized spacial score (nSPS) is 19.4. The second kappa shape index (κ2) is 7.58. The van der Waals surface area contributed by atoms with Crippen molar-refractivity contribution in [3.8, 4) is 17.2 Å². The molecular formula is C24H21ClN2O3. The van der Waals surface area contributed by atoms with Gasteiger partial charge in [-0.1, -0.05) is 35.9 Å². The molecule has 5 rings (SSSR count). The lowest BCUT2D eigenvalue weighted by atomic mass is 9.95. The van der Waals surface area contributed by atoms with Crippen LogP contribution in [0, 0.1) is 0 Å². The largest absolute Gasteiger partial charge is 0.497 e. The smallest absolute Gasteiger partial charge is 0.214 e. The molecule has 3 aromatic rings. The maximum absolute atomic E-state index is 6.44. The van der Waals surface area contributed by atoms with Crippen LogP contribution in [0.3, 0.4) is 0 Å². The van der Waals surface area contributed by atoms with E-state index in [0.29, 0.717) is 5.02 Å². The third-order valence-corrected chi connectivity index (χ3v) is 5.79. The van der Waals surface area contributed by atoms with Gasteiger partial charge in [-0.2, -0.15) is 5.10 Å². The number of hydrogen-bond donors (Lipinski definition) is 0. The van der Waals surface area contributed by atoms with Crippen molar-refractivity contribution in [2.75, 3.05) is 14.2 Å². The lowest BCUT2D eigenvalue weighted by Gasteiger charge is -2.38. The summed E-state index contributed by atoms with van der Waals surface area (Å²) in [7, 11) is 3.33. The van der Waals surface area contributed by atoms with Gasteiger partial charge in [0.05, 0.1) is 26.0 Å². The lowest BCUT2D eigenvalue weighted by Crippen LogP contribution is -2.33. The fraction of sp³-hybridized carbons (Fsp3) is 0.208.